The average molecular weight is 127 g/mol. The minimum atomic E-state index is -0.403. The molecule has 0 saturated heterocycles. The summed E-state index contributed by atoms with van der Waals surface area (Å²) < 4.78 is 0. The first-order valence-corrected chi connectivity index (χ1v) is 2.78. The van der Waals surface area contributed by atoms with E-state index in [2.05, 4.69) is 5.10 Å². The van der Waals surface area contributed by atoms with Gasteiger partial charge >= 0.3 is 0 Å². The van der Waals surface area contributed by atoms with Gasteiger partial charge in [0.25, 0.3) is 5.91 Å². The van der Waals surface area contributed by atoms with Crippen LogP contribution in [-0.4, -0.2) is 30.2 Å². The molecule has 4 nitrogen and oxygen atoms in total. The summed E-state index contributed by atoms with van der Waals surface area (Å²) in [5.41, 5.74) is 5.45. The lowest BCUT2D eigenvalue weighted by molar-refractivity contribution is -0.112. The second kappa shape index (κ2) is 2.05. The number of hydrogen-bond acceptors (Lipinski definition) is 3. The second-order valence-electron chi connectivity index (χ2n) is 2.04. The maximum Gasteiger partial charge on any atom is 0.264 e. The van der Waals surface area contributed by atoms with Gasteiger partial charge in [-0.05, 0) is 0 Å². The van der Waals surface area contributed by atoms with E-state index < -0.39 is 5.91 Å². The second-order valence-corrected chi connectivity index (χ2v) is 2.04. The summed E-state index contributed by atoms with van der Waals surface area (Å²) in [6, 6.07) is 0. The lowest BCUT2D eigenvalue weighted by atomic mass is 10.3. The first-order chi connectivity index (χ1) is 4.20. The third kappa shape index (κ3) is 1.19. The average Bonchev–Trinajstić information content (AvgIpc) is 2.14. The van der Waals surface area contributed by atoms with Gasteiger partial charge in [0.05, 0.1) is 0 Å². The molecule has 0 spiro atoms. The summed E-state index contributed by atoms with van der Waals surface area (Å²) >= 11 is 0. The van der Waals surface area contributed by atoms with Gasteiger partial charge in [-0.2, -0.15) is 5.10 Å². The monoisotopic (exact) mass is 127 g/mol. The van der Waals surface area contributed by atoms with E-state index in [1.807, 2.05) is 7.05 Å². The number of rotatable bonds is 1. The zero-order chi connectivity index (χ0) is 6.85. The number of hydrogen-bond donors (Lipinski definition) is 1. The fourth-order valence-electron chi connectivity index (χ4n) is 0.746. The van der Waals surface area contributed by atoms with Crippen LogP contribution in [0.15, 0.2) is 5.10 Å². The van der Waals surface area contributed by atoms with Gasteiger partial charge in [-0.3, -0.25) is 9.80 Å². The van der Waals surface area contributed by atoms with Crippen LogP contribution in [0, 0.1) is 0 Å². The summed E-state index contributed by atoms with van der Waals surface area (Å²) in [6.45, 7) is 0.804. The van der Waals surface area contributed by atoms with Crippen LogP contribution in [0.4, 0.5) is 0 Å². The molecule has 2 N–H and O–H groups in total. The highest BCUT2D eigenvalue weighted by Crippen LogP contribution is 2.01. The Hall–Kier alpha value is -1.06. The summed E-state index contributed by atoms with van der Waals surface area (Å²) in [6.07, 6.45) is 0.686. The standard InChI is InChI=1S/C5H9N3O/c1-8-3-2-4(7-8)5(6)9/h2-3H2,1H3,(H2,6,9). The highest BCUT2D eigenvalue weighted by atomic mass is 16.1. The van der Waals surface area contributed by atoms with Gasteiger partial charge in [0.1, 0.15) is 5.71 Å². The zero-order valence-corrected chi connectivity index (χ0v) is 5.29. The molecule has 0 aliphatic carbocycles. The maximum absolute atomic E-state index is 10.4. The smallest absolute Gasteiger partial charge is 0.264 e. The van der Waals surface area contributed by atoms with Crippen LogP contribution in [0.3, 0.4) is 0 Å². The Balaban J connectivity index is 2.62. The quantitative estimate of drug-likeness (QED) is 0.499. The first kappa shape index (κ1) is 6.07. The van der Waals surface area contributed by atoms with Gasteiger partial charge in [0.15, 0.2) is 0 Å². The Labute approximate surface area is 53.3 Å². The summed E-state index contributed by atoms with van der Waals surface area (Å²) in [7, 11) is 1.82. The van der Waals surface area contributed by atoms with Crippen molar-refractivity contribution in [1.82, 2.24) is 5.01 Å². The summed E-state index contributed by atoms with van der Waals surface area (Å²) in [5, 5.41) is 5.57. The summed E-state index contributed by atoms with van der Waals surface area (Å²) in [5.74, 6) is -0.403. The van der Waals surface area contributed by atoms with Crippen molar-refractivity contribution in [3.63, 3.8) is 0 Å². The topological polar surface area (TPSA) is 58.7 Å². The van der Waals surface area contributed by atoms with Crippen LogP contribution in [0.1, 0.15) is 6.42 Å². The molecule has 0 fully saturated rings. The molecule has 1 amide bonds. The van der Waals surface area contributed by atoms with E-state index in [9.17, 15) is 4.79 Å². The summed E-state index contributed by atoms with van der Waals surface area (Å²) in [4.78, 5) is 10.4. The van der Waals surface area contributed by atoms with E-state index in [1.165, 1.54) is 0 Å². The van der Waals surface area contributed by atoms with Crippen molar-refractivity contribution >= 4 is 11.6 Å². The number of carbonyl (C=O) groups excluding carboxylic acids is 1. The van der Waals surface area contributed by atoms with E-state index >= 15 is 0 Å². The van der Waals surface area contributed by atoms with Crippen LogP contribution in [-0.2, 0) is 4.79 Å². The van der Waals surface area contributed by atoms with Gasteiger partial charge in [0, 0.05) is 20.0 Å². The number of amides is 1. The van der Waals surface area contributed by atoms with Crippen molar-refractivity contribution in [3.8, 4) is 0 Å². The van der Waals surface area contributed by atoms with Crippen LogP contribution in [0.5, 0.6) is 0 Å². The normalized spacial score (nSPS) is 17.9. The number of hydrazone groups is 1. The van der Waals surface area contributed by atoms with Gasteiger partial charge < -0.3 is 5.73 Å². The fraction of sp³-hybridized carbons (Fsp3) is 0.600. The predicted octanol–water partition coefficient (Wildman–Crippen LogP) is -0.837. The molecule has 0 radical (unpaired) electrons. The van der Waals surface area contributed by atoms with Gasteiger partial charge in [-0.15, -0.1) is 0 Å². The Morgan fingerprint density at radius 3 is 2.78 bits per heavy atom. The Bertz CT molecular complexity index is 164. The third-order valence-electron chi connectivity index (χ3n) is 1.25. The van der Waals surface area contributed by atoms with Crippen LogP contribution >= 0.6 is 0 Å². The minimum absolute atomic E-state index is 0.403. The van der Waals surface area contributed by atoms with Gasteiger partial charge in [-0.1, -0.05) is 0 Å². The van der Waals surface area contributed by atoms with Crippen molar-refractivity contribution in [1.29, 1.82) is 0 Å². The van der Waals surface area contributed by atoms with E-state index in [-0.39, 0.29) is 0 Å². The maximum atomic E-state index is 10.4. The molecule has 1 rings (SSSR count). The lowest BCUT2D eigenvalue weighted by Crippen LogP contribution is -2.21. The lowest BCUT2D eigenvalue weighted by Gasteiger charge is -2.00. The number of primary amides is 1. The fourth-order valence-corrected chi connectivity index (χ4v) is 0.746. The Morgan fingerprint density at radius 2 is 2.56 bits per heavy atom. The number of nitrogens with zero attached hydrogens (tertiary/aromatic N) is 2. The molecule has 0 aromatic carbocycles. The molecule has 1 heterocycles. The van der Waals surface area contributed by atoms with E-state index in [4.69, 9.17) is 5.73 Å². The van der Waals surface area contributed by atoms with Gasteiger partial charge in [0.2, 0.25) is 0 Å². The largest absolute Gasteiger partial charge is 0.364 e. The molecule has 0 unspecified atom stereocenters. The SMILES string of the molecule is CN1CCC(C(N)=O)=N1. The van der Waals surface area contributed by atoms with E-state index in [0.29, 0.717) is 12.1 Å². The molecule has 9 heavy (non-hydrogen) atoms. The predicted molar refractivity (Wildman–Crippen MR) is 33.9 cm³/mol. The van der Waals surface area contributed by atoms with Crippen LogP contribution < -0.4 is 5.73 Å². The van der Waals surface area contributed by atoms with Crippen LogP contribution in [0.25, 0.3) is 0 Å². The van der Waals surface area contributed by atoms with Crippen molar-refractivity contribution in [2.24, 2.45) is 10.8 Å². The molecule has 0 aromatic heterocycles. The van der Waals surface area contributed by atoms with Crippen LogP contribution in [0.2, 0.25) is 0 Å². The zero-order valence-electron chi connectivity index (χ0n) is 5.29. The van der Waals surface area contributed by atoms with E-state index in [0.717, 1.165) is 6.54 Å². The van der Waals surface area contributed by atoms with Crippen molar-refractivity contribution < 1.29 is 4.79 Å². The third-order valence-corrected chi connectivity index (χ3v) is 1.25. The van der Waals surface area contributed by atoms with Crippen molar-refractivity contribution in [2.75, 3.05) is 13.6 Å². The molecule has 0 aromatic rings. The number of carbonyl (C=O) groups is 1. The minimum Gasteiger partial charge on any atom is -0.364 e. The van der Waals surface area contributed by atoms with E-state index in [1.54, 1.807) is 5.01 Å². The highest BCUT2D eigenvalue weighted by molar-refractivity contribution is 6.38. The molecule has 4 heteroatoms. The Kier molecular flexibility index (Phi) is 1.38. The highest BCUT2D eigenvalue weighted by Gasteiger charge is 2.14. The molecule has 50 valence electrons. The molecular weight excluding hydrogens is 118 g/mol. The molecule has 1 aliphatic heterocycles. The van der Waals surface area contributed by atoms with Crippen molar-refractivity contribution in [3.05, 3.63) is 0 Å². The first-order valence-electron chi connectivity index (χ1n) is 2.78. The number of nitrogens with two attached hydrogens (primary N) is 1. The van der Waals surface area contributed by atoms with Crippen molar-refractivity contribution in [2.45, 2.75) is 6.42 Å². The van der Waals surface area contributed by atoms with Gasteiger partial charge in [-0.25, -0.2) is 0 Å². The Morgan fingerprint density at radius 1 is 1.89 bits per heavy atom. The molecular formula is C5H9N3O. The molecule has 0 atom stereocenters. The molecule has 0 saturated carbocycles. The molecule has 1 aliphatic rings. The molecule has 0 bridgehead atoms.